The first-order chi connectivity index (χ1) is 7.53. The summed E-state index contributed by atoms with van der Waals surface area (Å²) in [5, 5.41) is 10.2. The molecule has 1 heterocycles. The molecular weight excluding hydrogens is 198 g/mol. The van der Waals surface area contributed by atoms with Crippen LogP contribution in [0.25, 0.3) is 0 Å². The van der Waals surface area contributed by atoms with Gasteiger partial charge in [-0.15, -0.1) is 0 Å². The summed E-state index contributed by atoms with van der Waals surface area (Å²) in [4.78, 5) is 2.60. The van der Waals surface area contributed by atoms with Gasteiger partial charge < -0.3 is 5.11 Å². The average molecular weight is 225 g/mol. The van der Waals surface area contributed by atoms with Crippen molar-refractivity contribution in [1.82, 2.24) is 4.90 Å². The fourth-order valence-electron chi connectivity index (χ4n) is 3.61. The summed E-state index contributed by atoms with van der Waals surface area (Å²) >= 11 is 0. The zero-order chi connectivity index (χ0) is 11.8. The van der Waals surface area contributed by atoms with Crippen molar-refractivity contribution in [2.24, 2.45) is 5.41 Å². The van der Waals surface area contributed by atoms with Crippen molar-refractivity contribution in [2.75, 3.05) is 6.54 Å². The number of aliphatic hydroxyl groups is 1. The van der Waals surface area contributed by atoms with Crippen LogP contribution in [0.2, 0.25) is 0 Å². The molecule has 2 heteroatoms. The van der Waals surface area contributed by atoms with Crippen LogP contribution < -0.4 is 0 Å². The number of aliphatic hydroxyl groups excluding tert-OH is 1. The minimum atomic E-state index is -0.0832. The lowest BCUT2D eigenvalue weighted by atomic mass is 9.73. The molecule has 2 nitrogen and oxygen atoms in total. The fraction of sp³-hybridized carbons (Fsp3) is 1.00. The van der Waals surface area contributed by atoms with Crippen LogP contribution in [0.4, 0.5) is 0 Å². The van der Waals surface area contributed by atoms with E-state index in [2.05, 4.69) is 25.7 Å². The summed E-state index contributed by atoms with van der Waals surface area (Å²) in [7, 11) is 0. The monoisotopic (exact) mass is 225 g/mol. The zero-order valence-corrected chi connectivity index (χ0v) is 11.1. The Morgan fingerprint density at radius 1 is 1.31 bits per heavy atom. The van der Waals surface area contributed by atoms with Crippen LogP contribution in [0.5, 0.6) is 0 Å². The Labute approximate surface area is 100 Å². The summed E-state index contributed by atoms with van der Waals surface area (Å²) in [6, 6.07) is 1.16. The lowest BCUT2D eigenvalue weighted by molar-refractivity contribution is -0.0227. The number of rotatable bonds is 2. The first kappa shape index (κ1) is 12.4. The normalized spacial score (nSPS) is 40.1. The van der Waals surface area contributed by atoms with E-state index in [0.29, 0.717) is 11.5 Å². The molecule has 2 aliphatic rings. The highest BCUT2D eigenvalue weighted by Gasteiger charge is 2.40. The van der Waals surface area contributed by atoms with Crippen LogP contribution in [0.1, 0.15) is 59.3 Å². The second-order valence-electron chi connectivity index (χ2n) is 6.48. The van der Waals surface area contributed by atoms with E-state index in [-0.39, 0.29) is 6.10 Å². The van der Waals surface area contributed by atoms with E-state index in [1.165, 1.54) is 38.6 Å². The van der Waals surface area contributed by atoms with Gasteiger partial charge in [-0.05, 0) is 50.5 Å². The average Bonchev–Trinajstić information content (AvgIpc) is 2.69. The van der Waals surface area contributed by atoms with E-state index >= 15 is 0 Å². The first-order valence-corrected chi connectivity index (χ1v) is 6.97. The Morgan fingerprint density at radius 2 is 2.06 bits per heavy atom. The summed E-state index contributed by atoms with van der Waals surface area (Å²) < 4.78 is 0. The highest BCUT2D eigenvalue weighted by atomic mass is 16.3. The maximum atomic E-state index is 10.2. The fourth-order valence-corrected chi connectivity index (χ4v) is 3.61. The van der Waals surface area contributed by atoms with Gasteiger partial charge in [0.2, 0.25) is 0 Å². The highest BCUT2D eigenvalue weighted by Crippen LogP contribution is 2.39. The van der Waals surface area contributed by atoms with Crippen LogP contribution >= 0.6 is 0 Å². The predicted octanol–water partition coefficient (Wildman–Crippen LogP) is 2.80. The van der Waals surface area contributed by atoms with Gasteiger partial charge in [0.25, 0.3) is 0 Å². The maximum absolute atomic E-state index is 10.2. The molecule has 94 valence electrons. The standard InChI is InChI=1S/C14H27NO/c1-4-11-6-5-9-15(11)12-10-14(2,3)8-7-13(12)16/h11-13,16H,4-10H2,1-3H3. The van der Waals surface area contributed by atoms with E-state index in [0.717, 1.165) is 12.5 Å². The molecule has 2 rings (SSSR count). The van der Waals surface area contributed by atoms with Gasteiger partial charge in [-0.3, -0.25) is 4.90 Å². The Bertz CT molecular complexity index is 239. The minimum absolute atomic E-state index is 0.0832. The van der Waals surface area contributed by atoms with Gasteiger partial charge in [-0.25, -0.2) is 0 Å². The quantitative estimate of drug-likeness (QED) is 0.781. The molecule has 0 bridgehead atoms. The highest BCUT2D eigenvalue weighted by molar-refractivity contribution is 4.94. The molecule has 1 N–H and O–H groups in total. The largest absolute Gasteiger partial charge is 0.391 e. The van der Waals surface area contributed by atoms with E-state index in [1.807, 2.05) is 0 Å². The van der Waals surface area contributed by atoms with Gasteiger partial charge in [0.1, 0.15) is 0 Å². The number of hydrogen-bond donors (Lipinski definition) is 1. The Morgan fingerprint density at radius 3 is 2.75 bits per heavy atom. The van der Waals surface area contributed by atoms with Gasteiger partial charge in [0.05, 0.1) is 6.10 Å². The molecule has 0 spiro atoms. The third-order valence-electron chi connectivity index (χ3n) is 4.64. The molecule has 1 saturated heterocycles. The number of likely N-dealkylation sites (tertiary alicyclic amines) is 1. The smallest absolute Gasteiger partial charge is 0.0695 e. The molecule has 1 aliphatic heterocycles. The molecule has 0 aromatic carbocycles. The SMILES string of the molecule is CCC1CCCN1C1CC(C)(C)CCC1O. The minimum Gasteiger partial charge on any atom is -0.391 e. The molecule has 0 aromatic heterocycles. The molecule has 1 aliphatic carbocycles. The molecule has 3 atom stereocenters. The molecule has 0 aromatic rings. The summed E-state index contributed by atoms with van der Waals surface area (Å²) in [6.45, 7) is 8.19. The van der Waals surface area contributed by atoms with Crippen LogP contribution in [-0.2, 0) is 0 Å². The van der Waals surface area contributed by atoms with Crippen molar-refractivity contribution in [3.05, 3.63) is 0 Å². The first-order valence-electron chi connectivity index (χ1n) is 6.97. The van der Waals surface area contributed by atoms with Crippen molar-refractivity contribution >= 4 is 0 Å². The molecule has 1 saturated carbocycles. The Kier molecular flexibility index (Phi) is 3.60. The van der Waals surface area contributed by atoms with Gasteiger partial charge in [0, 0.05) is 12.1 Å². The lowest BCUT2D eigenvalue weighted by Crippen LogP contribution is -2.50. The van der Waals surface area contributed by atoms with Crippen molar-refractivity contribution < 1.29 is 5.11 Å². The molecular formula is C14H27NO. The number of hydrogen-bond acceptors (Lipinski definition) is 2. The van der Waals surface area contributed by atoms with E-state index < -0.39 is 0 Å². The van der Waals surface area contributed by atoms with Crippen molar-refractivity contribution in [3.63, 3.8) is 0 Å². The van der Waals surface area contributed by atoms with Crippen LogP contribution in [0, 0.1) is 5.41 Å². The second-order valence-corrected chi connectivity index (χ2v) is 6.48. The maximum Gasteiger partial charge on any atom is 0.0695 e. The summed E-state index contributed by atoms with van der Waals surface area (Å²) in [6.07, 6.45) is 7.15. The van der Waals surface area contributed by atoms with Crippen LogP contribution in [0.15, 0.2) is 0 Å². The molecule has 0 amide bonds. The summed E-state index contributed by atoms with van der Waals surface area (Å²) in [5.74, 6) is 0. The molecule has 0 radical (unpaired) electrons. The molecule has 3 unspecified atom stereocenters. The molecule has 2 fully saturated rings. The molecule has 16 heavy (non-hydrogen) atoms. The zero-order valence-electron chi connectivity index (χ0n) is 11.1. The summed E-state index contributed by atoms with van der Waals surface area (Å²) in [5.41, 5.74) is 0.421. The van der Waals surface area contributed by atoms with Crippen molar-refractivity contribution in [1.29, 1.82) is 0 Å². The van der Waals surface area contributed by atoms with Crippen LogP contribution in [-0.4, -0.2) is 34.7 Å². The Balaban J connectivity index is 2.06. The third kappa shape index (κ3) is 2.43. The predicted molar refractivity (Wildman–Crippen MR) is 67.4 cm³/mol. The lowest BCUT2D eigenvalue weighted by Gasteiger charge is -2.44. The van der Waals surface area contributed by atoms with Gasteiger partial charge in [-0.2, -0.15) is 0 Å². The van der Waals surface area contributed by atoms with E-state index in [4.69, 9.17) is 0 Å². The van der Waals surface area contributed by atoms with Crippen molar-refractivity contribution in [3.8, 4) is 0 Å². The second kappa shape index (κ2) is 4.66. The number of nitrogens with zero attached hydrogens (tertiary/aromatic N) is 1. The van der Waals surface area contributed by atoms with Gasteiger partial charge in [-0.1, -0.05) is 20.8 Å². The Hall–Kier alpha value is -0.0800. The van der Waals surface area contributed by atoms with Gasteiger partial charge >= 0.3 is 0 Å². The van der Waals surface area contributed by atoms with E-state index in [1.54, 1.807) is 0 Å². The van der Waals surface area contributed by atoms with Crippen molar-refractivity contribution in [2.45, 2.75) is 77.5 Å². The van der Waals surface area contributed by atoms with E-state index in [9.17, 15) is 5.11 Å². The topological polar surface area (TPSA) is 23.5 Å². The van der Waals surface area contributed by atoms with Gasteiger partial charge in [0.15, 0.2) is 0 Å². The van der Waals surface area contributed by atoms with Crippen LogP contribution in [0.3, 0.4) is 0 Å². The third-order valence-corrected chi connectivity index (χ3v) is 4.64.